The molecule has 3 N–H and O–H groups in total. The number of guanidine groups is 1. The molecule has 0 saturated heterocycles. The van der Waals surface area contributed by atoms with Gasteiger partial charge >= 0.3 is 0 Å². The lowest BCUT2D eigenvalue weighted by molar-refractivity contribution is -0.138. The van der Waals surface area contributed by atoms with Crippen LogP contribution in [0.3, 0.4) is 0 Å². The molecule has 1 aliphatic carbocycles. The van der Waals surface area contributed by atoms with Gasteiger partial charge < -0.3 is 20.6 Å². The summed E-state index contributed by atoms with van der Waals surface area (Å²) >= 11 is 0. The van der Waals surface area contributed by atoms with Gasteiger partial charge in [-0.15, -0.1) is 24.0 Å². The molecule has 1 fully saturated rings. The first kappa shape index (κ1) is 25.4. The summed E-state index contributed by atoms with van der Waals surface area (Å²) in [7, 11) is 3.67. The van der Waals surface area contributed by atoms with Crippen molar-refractivity contribution in [3.05, 3.63) is 0 Å². The molecule has 0 aromatic carbocycles. The molecule has 0 aromatic rings. The smallest absolute Gasteiger partial charge is 0.230 e. The summed E-state index contributed by atoms with van der Waals surface area (Å²) in [6, 6.07) is 0. The van der Waals surface area contributed by atoms with Crippen LogP contribution in [0.5, 0.6) is 0 Å². The molecule has 26 heavy (non-hydrogen) atoms. The minimum absolute atomic E-state index is 0. The normalized spacial score (nSPS) is 17.3. The zero-order valence-electron chi connectivity index (χ0n) is 17.0. The van der Waals surface area contributed by atoms with E-state index in [1.165, 1.54) is 0 Å². The molecule has 1 rings (SSSR count). The van der Waals surface area contributed by atoms with E-state index in [4.69, 9.17) is 4.99 Å². The summed E-state index contributed by atoms with van der Waals surface area (Å²) in [5, 5.41) is 15.9. The first-order valence-corrected chi connectivity index (χ1v) is 9.83. The second-order valence-corrected chi connectivity index (χ2v) is 7.43. The van der Waals surface area contributed by atoms with Crippen LogP contribution in [0.1, 0.15) is 58.8 Å². The van der Waals surface area contributed by atoms with Crippen LogP contribution in [0.4, 0.5) is 0 Å². The molecule has 7 heteroatoms. The van der Waals surface area contributed by atoms with Crippen molar-refractivity contribution in [3.8, 4) is 0 Å². The largest absolute Gasteiger partial charge is 0.396 e. The number of carbonyl (C=O) groups is 1. The Morgan fingerprint density at radius 1 is 1.19 bits per heavy atom. The molecule has 0 aliphatic heterocycles. The zero-order chi connectivity index (χ0) is 18.7. The molecule has 0 radical (unpaired) electrons. The van der Waals surface area contributed by atoms with E-state index in [-0.39, 0.29) is 41.9 Å². The van der Waals surface area contributed by atoms with Crippen LogP contribution < -0.4 is 10.6 Å². The lowest BCUT2D eigenvalue weighted by Crippen LogP contribution is -2.43. The highest BCUT2D eigenvalue weighted by Crippen LogP contribution is 2.39. The van der Waals surface area contributed by atoms with Gasteiger partial charge in [-0.05, 0) is 38.5 Å². The number of halogens is 1. The predicted octanol–water partition coefficient (Wildman–Crippen LogP) is 2.61. The molecule has 0 heterocycles. The van der Waals surface area contributed by atoms with Crippen LogP contribution in [-0.2, 0) is 4.79 Å². The van der Waals surface area contributed by atoms with Gasteiger partial charge in [0.2, 0.25) is 5.91 Å². The van der Waals surface area contributed by atoms with Gasteiger partial charge in [0.05, 0.1) is 12.0 Å². The van der Waals surface area contributed by atoms with Gasteiger partial charge in [-0.25, -0.2) is 0 Å². The third-order valence-corrected chi connectivity index (χ3v) is 5.10. The summed E-state index contributed by atoms with van der Waals surface area (Å²) in [5.41, 5.74) is -0.334. The van der Waals surface area contributed by atoms with Gasteiger partial charge in [0.1, 0.15) is 0 Å². The number of hydrogen-bond donors (Lipinski definition) is 3. The lowest BCUT2D eigenvalue weighted by atomic mass is 9.85. The van der Waals surface area contributed by atoms with Crippen molar-refractivity contribution in [2.45, 2.75) is 58.8 Å². The minimum Gasteiger partial charge on any atom is -0.396 e. The molecule has 0 aromatic heterocycles. The van der Waals surface area contributed by atoms with Gasteiger partial charge in [-0.2, -0.15) is 0 Å². The van der Waals surface area contributed by atoms with Crippen LogP contribution in [-0.4, -0.2) is 62.2 Å². The Kier molecular flexibility index (Phi) is 13.3. The highest BCUT2D eigenvalue weighted by atomic mass is 127. The van der Waals surface area contributed by atoms with E-state index in [0.29, 0.717) is 12.5 Å². The number of aliphatic hydroxyl groups excluding tert-OH is 1. The highest BCUT2D eigenvalue weighted by molar-refractivity contribution is 14.0. The number of carbonyl (C=O) groups excluding carboxylic acids is 1. The van der Waals surface area contributed by atoms with Crippen LogP contribution in [0, 0.1) is 11.3 Å². The number of amides is 1. The molecule has 1 saturated carbocycles. The van der Waals surface area contributed by atoms with Crippen molar-refractivity contribution in [2.75, 3.05) is 40.3 Å². The first-order valence-electron chi connectivity index (χ1n) is 9.83. The van der Waals surface area contributed by atoms with E-state index in [1.807, 2.05) is 21.0 Å². The van der Waals surface area contributed by atoms with E-state index in [0.717, 1.165) is 64.0 Å². The average Bonchev–Trinajstić information content (AvgIpc) is 3.06. The van der Waals surface area contributed by atoms with E-state index in [2.05, 4.69) is 17.6 Å². The predicted molar refractivity (Wildman–Crippen MR) is 119 cm³/mol. The van der Waals surface area contributed by atoms with Gasteiger partial charge in [-0.1, -0.05) is 26.2 Å². The monoisotopic (exact) mass is 482 g/mol. The maximum absolute atomic E-state index is 12.7. The molecule has 1 aliphatic rings. The molecular weight excluding hydrogens is 443 g/mol. The number of hydrogen-bond acceptors (Lipinski definition) is 3. The number of nitrogens with one attached hydrogen (secondary N) is 2. The van der Waals surface area contributed by atoms with Crippen molar-refractivity contribution in [2.24, 2.45) is 16.3 Å². The van der Waals surface area contributed by atoms with Crippen molar-refractivity contribution in [1.29, 1.82) is 0 Å². The second-order valence-electron chi connectivity index (χ2n) is 7.43. The first-order chi connectivity index (χ1) is 12.0. The zero-order valence-corrected chi connectivity index (χ0v) is 19.3. The SMILES string of the molecule is CCCC(CCO)CNC(=NCC1(C(=O)N(C)C)CCCC1)NCC.I. The van der Waals surface area contributed by atoms with Gasteiger partial charge in [-0.3, -0.25) is 9.79 Å². The molecule has 1 unspecified atom stereocenters. The summed E-state index contributed by atoms with van der Waals surface area (Å²) in [6.07, 6.45) is 7.08. The molecule has 154 valence electrons. The van der Waals surface area contributed by atoms with Crippen LogP contribution >= 0.6 is 24.0 Å². The Hall–Kier alpha value is -0.570. The molecule has 0 bridgehead atoms. The van der Waals surface area contributed by atoms with E-state index < -0.39 is 0 Å². The molecule has 1 amide bonds. The number of aliphatic imine (C=N–C) groups is 1. The second kappa shape index (κ2) is 13.6. The third-order valence-electron chi connectivity index (χ3n) is 5.10. The Balaban J connectivity index is 0.00000625. The van der Waals surface area contributed by atoms with Crippen LogP contribution in [0.25, 0.3) is 0 Å². The number of rotatable bonds is 10. The van der Waals surface area contributed by atoms with Crippen molar-refractivity contribution < 1.29 is 9.90 Å². The molecule has 0 spiro atoms. The van der Waals surface area contributed by atoms with Crippen molar-refractivity contribution in [3.63, 3.8) is 0 Å². The van der Waals surface area contributed by atoms with E-state index in [9.17, 15) is 9.90 Å². The maximum atomic E-state index is 12.7. The summed E-state index contributed by atoms with van der Waals surface area (Å²) in [5.74, 6) is 1.43. The molecular formula is C19H39IN4O2. The quantitative estimate of drug-likeness (QED) is 0.254. The fourth-order valence-corrected chi connectivity index (χ4v) is 3.72. The fourth-order valence-electron chi connectivity index (χ4n) is 3.72. The van der Waals surface area contributed by atoms with E-state index >= 15 is 0 Å². The molecule has 1 atom stereocenters. The summed E-state index contributed by atoms with van der Waals surface area (Å²) in [4.78, 5) is 19.1. The number of aliphatic hydroxyl groups is 1. The van der Waals surface area contributed by atoms with E-state index in [1.54, 1.807) is 4.90 Å². The lowest BCUT2D eigenvalue weighted by Gasteiger charge is -2.29. The molecule has 6 nitrogen and oxygen atoms in total. The van der Waals surface area contributed by atoms with Crippen molar-refractivity contribution in [1.82, 2.24) is 15.5 Å². The number of nitrogens with zero attached hydrogens (tertiary/aromatic N) is 2. The maximum Gasteiger partial charge on any atom is 0.230 e. The Morgan fingerprint density at radius 3 is 2.35 bits per heavy atom. The third kappa shape index (κ3) is 7.98. The van der Waals surface area contributed by atoms with Gasteiger partial charge in [0, 0.05) is 33.8 Å². The summed E-state index contributed by atoms with van der Waals surface area (Å²) < 4.78 is 0. The Labute approximate surface area is 176 Å². The highest BCUT2D eigenvalue weighted by Gasteiger charge is 2.42. The summed E-state index contributed by atoms with van der Waals surface area (Å²) in [6.45, 7) is 6.57. The topological polar surface area (TPSA) is 77.0 Å². The van der Waals surface area contributed by atoms with Crippen LogP contribution in [0.15, 0.2) is 4.99 Å². The van der Waals surface area contributed by atoms with Gasteiger partial charge in [0.15, 0.2) is 5.96 Å². The fraction of sp³-hybridized carbons (Fsp3) is 0.895. The van der Waals surface area contributed by atoms with Crippen LogP contribution in [0.2, 0.25) is 0 Å². The van der Waals surface area contributed by atoms with Crippen molar-refractivity contribution >= 4 is 35.8 Å². The Morgan fingerprint density at radius 2 is 1.85 bits per heavy atom. The van der Waals surface area contributed by atoms with Gasteiger partial charge in [0.25, 0.3) is 0 Å². The standard InChI is InChI=1S/C19H38N4O2.HI/c1-5-9-16(10-13-24)14-21-18(20-6-2)22-15-19(11-7-8-12-19)17(25)23(3)4;/h16,24H,5-15H2,1-4H3,(H2,20,21,22);1H. The Bertz CT molecular complexity index is 418. The average molecular weight is 482 g/mol. The minimum atomic E-state index is -0.334.